The van der Waals surface area contributed by atoms with Crippen LogP contribution in [-0.4, -0.2) is 82.5 Å². The second kappa shape index (κ2) is 10.7. The summed E-state index contributed by atoms with van der Waals surface area (Å²) in [6, 6.07) is 15.0. The molecule has 40 heavy (non-hydrogen) atoms. The minimum Gasteiger partial charge on any atom is -0.383 e. The average Bonchev–Trinajstić information content (AvgIpc) is 3.46. The third kappa shape index (κ3) is 4.80. The van der Waals surface area contributed by atoms with Crippen LogP contribution in [0.3, 0.4) is 0 Å². The fraction of sp³-hybridized carbons (Fsp3) is 0.333. The number of aromatic amines is 2. The Bertz CT molecular complexity index is 1570. The molecule has 4 aromatic rings. The van der Waals surface area contributed by atoms with Gasteiger partial charge < -0.3 is 24.9 Å². The Kier molecular flexibility index (Phi) is 6.95. The number of ether oxygens (including phenoxy) is 1. The molecule has 206 valence electrons. The second-order valence-electron chi connectivity index (χ2n) is 10.6. The van der Waals surface area contributed by atoms with Gasteiger partial charge in [0, 0.05) is 19.3 Å². The molecule has 6 rings (SSSR count). The summed E-state index contributed by atoms with van der Waals surface area (Å²) < 4.78 is 5.45. The van der Waals surface area contributed by atoms with Crippen molar-refractivity contribution in [3.8, 4) is 11.4 Å². The van der Waals surface area contributed by atoms with E-state index in [0.717, 1.165) is 31.5 Å². The Morgan fingerprint density at radius 1 is 1.05 bits per heavy atom. The number of H-pyrrole nitrogens is 2. The van der Waals surface area contributed by atoms with Gasteiger partial charge in [0.05, 0.1) is 40.5 Å². The Morgan fingerprint density at radius 3 is 2.50 bits per heavy atom. The smallest absolute Gasteiger partial charge is 0.261 e. The van der Waals surface area contributed by atoms with Crippen LogP contribution in [0.2, 0.25) is 0 Å². The minimum absolute atomic E-state index is 0.0954. The number of hydrogen-bond acceptors (Lipinski definition) is 7. The van der Waals surface area contributed by atoms with Crippen LogP contribution in [0, 0.1) is 0 Å². The van der Waals surface area contributed by atoms with E-state index in [9.17, 15) is 14.4 Å². The lowest BCUT2D eigenvalue weighted by atomic mass is 10.0. The number of likely N-dealkylation sites (tertiary alicyclic amines) is 1. The fourth-order valence-corrected chi connectivity index (χ4v) is 5.77. The van der Waals surface area contributed by atoms with Gasteiger partial charge in [-0.3, -0.25) is 19.3 Å². The molecule has 0 bridgehead atoms. The standard InChI is InChI=1S/C30H32N6O4/c1-35-12-9-20(10-13-35)36-29(38)21-15-24-25(16-22(21)30(36)39)34-27(33-24)26-23(8-11-31-28(26)37)32-19(17-40-2)14-18-6-4-3-5-7-18/h3-8,11,15-16,19-20H,9-10,12-14,17H2,1-2H3,(H,33,34)(H2,31,32,37). The van der Waals surface area contributed by atoms with Crippen LogP contribution in [0.5, 0.6) is 0 Å². The Balaban J connectivity index is 1.31. The lowest BCUT2D eigenvalue weighted by Gasteiger charge is -2.33. The maximum Gasteiger partial charge on any atom is 0.261 e. The van der Waals surface area contributed by atoms with Gasteiger partial charge >= 0.3 is 0 Å². The van der Waals surface area contributed by atoms with Crippen molar-refractivity contribution in [1.82, 2.24) is 24.8 Å². The third-order valence-corrected chi connectivity index (χ3v) is 7.82. The van der Waals surface area contributed by atoms with Crippen molar-refractivity contribution < 1.29 is 14.3 Å². The summed E-state index contributed by atoms with van der Waals surface area (Å²) in [7, 11) is 3.69. The highest BCUT2D eigenvalue weighted by Crippen LogP contribution is 2.33. The number of fused-ring (bicyclic) bond motifs is 2. The summed E-state index contributed by atoms with van der Waals surface area (Å²) >= 11 is 0. The Morgan fingerprint density at radius 2 is 1.77 bits per heavy atom. The molecule has 10 heteroatoms. The Hall–Kier alpha value is -4.28. The lowest BCUT2D eigenvalue weighted by molar-refractivity contribution is 0.0516. The summed E-state index contributed by atoms with van der Waals surface area (Å²) in [6.45, 7) is 2.14. The molecule has 1 fully saturated rings. The molecule has 2 amide bonds. The maximum atomic E-state index is 13.3. The van der Waals surface area contributed by atoms with Gasteiger partial charge in [0.15, 0.2) is 0 Å². The largest absolute Gasteiger partial charge is 0.383 e. The van der Waals surface area contributed by atoms with Gasteiger partial charge in [0.25, 0.3) is 17.4 Å². The van der Waals surface area contributed by atoms with Crippen LogP contribution in [0.1, 0.15) is 39.1 Å². The summed E-state index contributed by atoms with van der Waals surface area (Å²) in [6.07, 6.45) is 3.82. The van der Waals surface area contributed by atoms with Gasteiger partial charge in [-0.1, -0.05) is 30.3 Å². The number of carbonyl (C=O) groups excluding carboxylic acids is 2. The number of piperidine rings is 1. The number of pyridine rings is 1. The number of imide groups is 1. The number of carbonyl (C=O) groups is 2. The first-order valence-electron chi connectivity index (χ1n) is 13.5. The van der Waals surface area contributed by atoms with Crippen molar-refractivity contribution in [3.05, 3.63) is 81.8 Å². The molecule has 0 radical (unpaired) electrons. The zero-order valence-electron chi connectivity index (χ0n) is 22.6. The molecule has 0 aliphatic carbocycles. The van der Waals surface area contributed by atoms with E-state index >= 15 is 0 Å². The maximum absolute atomic E-state index is 13.3. The van der Waals surface area contributed by atoms with E-state index in [1.165, 1.54) is 4.90 Å². The molecule has 2 aromatic heterocycles. The molecule has 2 aromatic carbocycles. The molecule has 1 atom stereocenters. The number of amides is 2. The molecule has 2 aliphatic rings. The zero-order valence-corrected chi connectivity index (χ0v) is 22.6. The van der Waals surface area contributed by atoms with Crippen LogP contribution >= 0.6 is 0 Å². The van der Waals surface area contributed by atoms with Crippen molar-refractivity contribution in [1.29, 1.82) is 0 Å². The van der Waals surface area contributed by atoms with E-state index < -0.39 is 0 Å². The number of nitrogens with zero attached hydrogens (tertiary/aromatic N) is 3. The number of aromatic nitrogens is 3. The molecule has 1 unspecified atom stereocenters. The summed E-state index contributed by atoms with van der Waals surface area (Å²) in [5.74, 6) is -0.189. The molecule has 3 N–H and O–H groups in total. The van der Waals surface area contributed by atoms with E-state index in [0.29, 0.717) is 52.3 Å². The molecule has 0 saturated carbocycles. The number of benzene rings is 2. The first kappa shape index (κ1) is 26.0. The number of nitrogens with one attached hydrogen (secondary N) is 3. The SMILES string of the molecule is COCC(Cc1ccccc1)Nc1cc[nH]c(=O)c1-c1nc2cc3c(cc2[nH]1)C(=O)N(C1CCN(C)CC1)C3=O. The van der Waals surface area contributed by atoms with Crippen molar-refractivity contribution in [2.24, 2.45) is 0 Å². The van der Waals surface area contributed by atoms with Gasteiger partial charge in [0.1, 0.15) is 11.4 Å². The Labute approximate surface area is 231 Å². The predicted molar refractivity (Wildman–Crippen MR) is 153 cm³/mol. The van der Waals surface area contributed by atoms with E-state index in [2.05, 4.69) is 32.3 Å². The van der Waals surface area contributed by atoms with Crippen LogP contribution in [-0.2, 0) is 11.2 Å². The van der Waals surface area contributed by atoms with Gasteiger partial charge in [-0.15, -0.1) is 0 Å². The fourth-order valence-electron chi connectivity index (χ4n) is 5.77. The highest BCUT2D eigenvalue weighted by molar-refractivity contribution is 6.23. The number of anilines is 1. The molecule has 4 heterocycles. The van der Waals surface area contributed by atoms with Crippen molar-refractivity contribution in [2.45, 2.75) is 31.3 Å². The van der Waals surface area contributed by atoms with Crippen molar-refractivity contribution in [3.63, 3.8) is 0 Å². The minimum atomic E-state index is -0.312. The zero-order chi connectivity index (χ0) is 27.8. The lowest BCUT2D eigenvalue weighted by Crippen LogP contribution is -2.46. The third-order valence-electron chi connectivity index (χ3n) is 7.82. The van der Waals surface area contributed by atoms with Crippen molar-refractivity contribution in [2.75, 3.05) is 39.2 Å². The predicted octanol–water partition coefficient (Wildman–Crippen LogP) is 3.28. The molecule has 10 nitrogen and oxygen atoms in total. The molecular weight excluding hydrogens is 508 g/mol. The number of methoxy groups -OCH3 is 1. The quantitative estimate of drug-likeness (QED) is 0.293. The number of imidazole rings is 1. The summed E-state index contributed by atoms with van der Waals surface area (Å²) in [4.78, 5) is 54.0. The highest BCUT2D eigenvalue weighted by atomic mass is 16.5. The van der Waals surface area contributed by atoms with E-state index in [-0.39, 0.29) is 29.5 Å². The van der Waals surface area contributed by atoms with Crippen molar-refractivity contribution >= 4 is 28.5 Å². The summed E-state index contributed by atoms with van der Waals surface area (Å²) in [5, 5.41) is 3.46. The molecular formula is C30H32N6O4. The van der Waals surface area contributed by atoms with Crippen LogP contribution in [0.25, 0.3) is 22.4 Å². The van der Waals surface area contributed by atoms with E-state index in [4.69, 9.17) is 9.72 Å². The average molecular weight is 541 g/mol. The summed E-state index contributed by atoms with van der Waals surface area (Å²) in [5.41, 5.74) is 3.62. The molecule has 1 saturated heterocycles. The molecule has 2 aliphatic heterocycles. The second-order valence-corrected chi connectivity index (χ2v) is 10.6. The first-order valence-corrected chi connectivity index (χ1v) is 13.5. The molecule has 0 spiro atoms. The highest BCUT2D eigenvalue weighted by Gasteiger charge is 2.41. The van der Waals surface area contributed by atoms with Gasteiger partial charge in [-0.05, 0) is 63.2 Å². The van der Waals surface area contributed by atoms with Crippen LogP contribution < -0.4 is 10.9 Å². The normalized spacial score (nSPS) is 17.0. The number of hydrogen-bond donors (Lipinski definition) is 3. The van der Waals surface area contributed by atoms with E-state index in [1.54, 1.807) is 31.5 Å². The van der Waals surface area contributed by atoms with Crippen LogP contribution in [0.15, 0.2) is 59.5 Å². The number of rotatable bonds is 8. The monoisotopic (exact) mass is 540 g/mol. The van der Waals surface area contributed by atoms with E-state index in [1.807, 2.05) is 25.2 Å². The van der Waals surface area contributed by atoms with Gasteiger partial charge in [0.2, 0.25) is 0 Å². The van der Waals surface area contributed by atoms with Gasteiger partial charge in [-0.2, -0.15) is 0 Å². The first-order chi connectivity index (χ1) is 19.4. The van der Waals surface area contributed by atoms with Gasteiger partial charge in [-0.25, -0.2) is 4.98 Å². The topological polar surface area (TPSA) is 123 Å². The van der Waals surface area contributed by atoms with Crippen LogP contribution in [0.4, 0.5) is 5.69 Å².